The van der Waals surface area contributed by atoms with Crippen LogP contribution in [0.5, 0.6) is 5.88 Å². The maximum absolute atomic E-state index is 12.2. The average Bonchev–Trinajstić information content (AvgIpc) is 3.02. The number of pyridine rings is 1. The number of amides is 1. The van der Waals surface area contributed by atoms with Crippen molar-refractivity contribution >= 4 is 11.7 Å². The van der Waals surface area contributed by atoms with Gasteiger partial charge in [0.15, 0.2) is 0 Å². The molecule has 1 amide bonds. The second-order valence-electron chi connectivity index (χ2n) is 5.72. The molecule has 0 saturated carbocycles. The quantitative estimate of drug-likeness (QED) is 0.918. The molecule has 0 bridgehead atoms. The van der Waals surface area contributed by atoms with Gasteiger partial charge in [0.05, 0.1) is 13.4 Å². The van der Waals surface area contributed by atoms with E-state index in [1.807, 2.05) is 25.2 Å². The monoisotopic (exact) mass is 315 g/mol. The number of aromatic nitrogens is 3. The number of anilines is 1. The van der Waals surface area contributed by atoms with E-state index >= 15 is 0 Å². The van der Waals surface area contributed by atoms with Crippen LogP contribution in [0.25, 0.3) is 0 Å². The first-order valence-corrected chi connectivity index (χ1v) is 7.70. The van der Waals surface area contributed by atoms with Gasteiger partial charge in [0, 0.05) is 38.4 Å². The molecule has 23 heavy (non-hydrogen) atoms. The van der Waals surface area contributed by atoms with E-state index in [1.54, 1.807) is 24.2 Å². The molecule has 7 nitrogen and oxygen atoms in total. The zero-order valence-corrected chi connectivity index (χ0v) is 13.4. The van der Waals surface area contributed by atoms with E-state index in [9.17, 15) is 4.79 Å². The Morgan fingerprint density at radius 1 is 1.43 bits per heavy atom. The number of nitrogens with one attached hydrogen (secondary N) is 1. The van der Waals surface area contributed by atoms with Crippen LogP contribution < -0.4 is 15.0 Å². The fraction of sp³-hybridized carbons (Fsp3) is 0.438. The van der Waals surface area contributed by atoms with E-state index in [0.29, 0.717) is 11.6 Å². The second kappa shape index (κ2) is 6.68. The third kappa shape index (κ3) is 3.61. The first kappa shape index (κ1) is 15.3. The molecule has 1 saturated heterocycles. The molecule has 7 heteroatoms. The number of nitrogens with zero attached hydrogens (tertiary/aromatic N) is 4. The lowest BCUT2D eigenvalue weighted by molar-refractivity contribution is 0.0928. The Hall–Kier alpha value is -2.57. The summed E-state index contributed by atoms with van der Waals surface area (Å²) < 4.78 is 6.95. The van der Waals surface area contributed by atoms with Crippen molar-refractivity contribution < 1.29 is 9.53 Å². The minimum absolute atomic E-state index is 0.0891. The number of methoxy groups -OCH3 is 1. The summed E-state index contributed by atoms with van der Waals surface area (Å²) in [5, 5.41) is 3.06. The highest BCUT2D eigenvalue weighted by Gasteiger charge is 2.23. The molecule has 0 aromatic carbocycles. The molecular weight excluding hydrogens is 294 g/mol. The molecule has 1 unspecified atom stereocenters. The Kier molecular flexibility index (Phi) is 4.45. The van der Waals surface area contributed by atoms with Crippen molar-refractivity contribution in [1.82, 2.24) is 19.9 Å². The molecule has 1 N–H and O–H groups in total. The minimum atomic E-state index is -0.129. The highest BCUT2D eigenvalue weighted by molar-refractivity contribution is 5.92. The first-order valence-electron chi connectivity index (χ1n) is 7.70. The Balaban J connectivity index is 1.64. The normalized spacial score (nSPS) is 17.8. The van der Waals surface area contributed by atoms with Crippen LogP contribution in [0.15, 0.2) is 30.7 Å². The van der Waals surface area contributed by atoms with Crippen LogP contribution >= 0.6 is 0 Å². The fourth-order valence-corrected chi connectivity index (χ4v) is 2.79. The van der Waals surface area contributed by atoms with Crippen molar-refractivity contribution in [3.05, 3.63) is 36.4 Å². The number of imidazole rings is 1. The van der Waals surface area contributed by atoms with E-state index in [2.05, 4.69) is 20.2 Å². The molecule has 122 valence electrons. The average molecular weight is 315 g/mol. The number of ether oxygens (including phenoxy) is 1. The van der Waals surface area contributed by atoms with Crippen LogP contribution in [-0.4, -0.2) is 46.7 Å². The predicted octanol–water partition coefficient (Wildman–Crippen LogP) is 1.22. The largest absolute Gasteiger partial charge is 0.481 e. The van der Waals surface area contributed by atoms with Gasteiger partial charge in [0.1, 0.15) is 11.5 Å². The van der Waals surface area contributed by atoms with Crippen molar-refractivity contribution in [2.75, 3.05) is 25.1 Å². The van der Waals surface area contributed by atoms with Crippen LogP contribution in [-0.2, 0) is 7.05 Å². The maximum Gasteiger partial charge on any atom is 0.271 e. The summed E-state index contributed by atoms with van der Waals surface area (Å²) in [5.74, 6) is 1.35. The van der Waals surface area contributed by atoms with Crippen molar-refractivity contribution in [2.45, 2.75) is 18.9 Å². The third-order valence-electron chi connectivity index (χ3n) is 3.94. The van der Waals surface area contributed by atoms with Gasteiger partial charge in [-0.25, -0.2) is 4.98 Å². The molecule has 3 rings (SSSR count). The summed E-state index contributed by atoms with van der Waals surface area (Å²) in [5.41, 5.74) is 0.448. The SMILES string of the molecule is COc1cccc(N2CCCC(NC(=O)c3cn(C)cn3)C2)n1. The summed E-state index contributed by atoms with van der Waals surface area (Å²) in [6.45, 7) is 1.66. The number of hydrogen-bond acceptors (Lipinski definition) is 5. The zero-order valence-electron chi connectivity index (χ0n) is 13.4. The van der Waals surface area contributed by atoms with E-state index in [0.717, 1.165) is 31.7 Å². The lowest BCUT2D eigenvalue weighted by atomic mass is 10.1. The van der Waals surface area contributed by atoms with Crippen LogP contribution in [0, 0.1) is 0 Å². The zero-order chi connectivity index (χ0) is 16.2. The summed E-state index contributed by atoms with van der Waals surface area (Å²) in [4.78, 5) is 23.0. The highest BCUT2D eigenvalue weighted by Crippen LogP contribution is 2.20. The van der Waals surface area contributed by atoms with Crippen LogP contribution in [0.3, 0.4) is 0 Å². The molecule has 1 fully saturated rings. The van der Waals surface area contributed by atoms with Crippen molar-refractivity contribution in [3.8, 4) is 5.88 Å². The van der Waals surface area contributed by atoms with E-state index in [-0.39, 0.29) is 11.9 Å². The molecule has 3 heterocycles. The Morgan fingerprint density at radius 2 is 2.30 bits per heavy atom. The number of carbonyl (C=O) groups excluding carboxylic acids is 1. The second-order valence-corrected chi connectivity index (χ2v) is 5.72. The van der Waals surface area contributed by atoms with Gasteiger partial charge in [-0.15, -0.1) is 0 Å². The fourth-order valence-electron chi connectivity index (χ4n) is 2.79. The molecule has 2 aromatic rings. The molecule has 0 spiro atoms. The summed E-state index contributed by atoms with van der Waals surface area (Å²) in [7, 11) is 3.46. The van der Waals surface area contributed by atoms with Crippen molar-refractivity contribution in [2.24, 2.45) is 7.05 Å². The number of aryl methyl sites for hydroxylation is 1. The molecular formula is C16H21N5O2. The standard InChI is InChI=1S/C16H21N5O2/c1-20-10-13(17-11-20)16(22)18-12-5-4-8-21(9-12)14-6-3-7-15(19-14)23-2/h3,6-7,10-12H,4-5,8-9H2,1-2H3,(H,18,22). The van der Waals surface area contributed by atoms with Crippen LogP contribution in [0.1, 0.15) is 23.3 Å². The van der Waals surface area contributed by atoms with Gasteiger partial charge in [0.25, 0.3) is 5.91 Å². The molecule has 2 aromatic heterocycles. The Labute approximate surface area is 135 Å². The van der Waals surface area contributed by atoms with Crippen LogP contribution in [0.4, 0.5) is 5.82 Å². The van der Waals surface area contributed by atoms with Gasteiger partial charge in [-0.2, -0.15) is 4.98 Å². The van der Waals surface area contributed by atoms with E-state index in [1.165, 1.54) is 0 Å². The lowest BCUT2D eigenvalue weighted by Crippen LogP contribution is -2.48. The summed E-state index contributed by atoms with van der Waals surface area (Å²) >= 11 is 0. The van der Waals surface area contributed by atoms with Crippen LogP contribution in [0.2, 0.25) is 0 Å². The highest BCUT2D eigenvalue weighted by atomic mass is 16.5. The van der Waals surface area contributed by atoms with E-state index < -0.39 is 0 Å². The molecule has 1 aliphatic heterocycles. The molecule has 1 atom stereocenters. The smallest absolute Gasteiger partial charge is 0.271 e. The van der Waals surface area contributed by atoms with Crippen molar-refractivity contribution in [3.63, 3.8) is 0 Å². The van der Waals surface area contributed by atoms with Gasteiger partial charge >= 0.3 is 0 Å². The Morgan fingerprint density at radius 3 is 3.04 bits per heavy atom. The number of piperidine rings is 1. The maximum atomic E-state index is 12.2. The third-order valence-corrected chi connectivity index (χ3v) is 3.94. The Bertz CT molecular complexity index is 685. The summed E-state index contributed by atoms with van der Waals surface area (Å²) in [6, 6.07) is 5.81. The van der Waals surface area contributed by atoms with Gasteiger partial charge < -0.3 is 19.5 Å². The summed E-state index contributed by atoms with van der Waals surface area (Å²) in [6.07, 6.45) is 5.31. The van der Waals surface area contributed by atoms with Gasteiger partial charge in [-0.1, -0.05) is 6.07 Å². The lowest BCUT2D eigenvalue weighted by Gasteiger charge is -2.33. The van der Waals surface area contributed by atoms with Crippen molar-refractivity contribution in [1.29, 1.82) is 0 Å². The topological polar surface area (TPSA) is 72.3 Å². The van der Waals surface area contributed by atoms with E-state index in [4.69, 9.17) is 4.74 Å². The predicted molar refractivity (Wildman–Crippen MR) is 86.7 cm³/mol. The van der Waals surface area contributed by atoms with Gasteiger partial charge in [-0.3, -0.25) is 4.79 Å². The van der Waals surface area contributed by atoms with Gasteiger partial charge in [0.2, 0.25) is 5.88 Å². The first-order chi connectivity index (χ1) is 11.2. The molecule has 0 aliphatic carbocycles. The number of hydrogen-bond donors (Lipinski definition) is 1. The number of carbonyl (C=O) groups is 1. The molecule has 1 aliphatic rings. The van der Waals surface area contributed by atoms with Gasteiger partial charge in [-0.05, 0) is 18.9 Å². The minimum Gasteiger partial charge on any atom is -0.481 e. The molecule has 0 radical (unpaired) electrons. The number of rotatable bonds is 4.